The zero-order valence-electron chi connectivity index (χ0n) is 10.9. The van der Waals surface area contributed by atoms with Gasteiger partial charge in [-0.2, -0.15) is 0 Å². The molecule has 0 aliphatic rings. The Morgan fingerprint density at radius 3 is 2.67 bits per heavy atom. The van der Waals surface area contributed by atoms with Crippen LogP contribution in [-0.4, -0.2) is 17.0 Å². The lowest BCUT2D eigenvalue weighted by Gasteiger charge is -2.07. The first-order chi connectivity index (χ1) is 10.0. The van der Waals surface area contributed by atoms with Crippen molar-refractivity contribution in [3.8, 4) is 0 Å². The smallest absolute Gasteiger partial charge is 0.307 e. The summed E-state index contributed by atoms with van der Waals surface area (Å²) in [6.45, 7) is 0. The molecule has 1 amide bonds. The number of amides is 1. The second-order valence-electron chi connectivity index (χ2n) is 4.19. The minimum Gasteiger partial charge on any atom is -0.481 e. The Hall–Kier alpha value is -2.11. The van der Waals surface area contributed by atoms with Crippen molar-refractivity contribution in [2.45, 2.75) is 6.42 Å². The molecule has 4 nitrogen and oxygen atoms in total. The average molecular weight is 322 g/mol. The highest BCUT2D eigenvalue weighted by molar-refractivity contribution is 7.17. The predicted octanol–water partition coefficient (Wildman–Crippen LogP) is 3.68. The van der Waals surface area contributed by atoms with E-state index in [1.165, 1.54) is 17.4 Å². The fourth-order valence-corrected chi connectivity index (χ4v) is 2.67. The van der Waals surface area contributed by atoms with Gasteiger partial charge in [0.05, 0.1) is 10.8 Å². The van der Waals surface area contributed by atoms with Crippen molar-refractivity contribution in [2.75, 3.05) is 5.32 Å². The van der Waals surface area contributed by atoms with E-state index in [0.717, 1.165) is 4.88 Å². The van der Waals surface area contributed by atoms with Gasteiger partial charge in [-0.15, -0.1) is 11.3 Å². The highest BCUT2D eigenvalue weighted by atomic mass is 35.5. The number of para-hydroxylation sites is 1. The molecule has 1 aromatic carbocycles. The molecular formula is C15H12ClNO3S. The molecule has 21 heavy (non-hydrogen) atoms. The van der Waals surface area contributed by atoms with E-state index in [1.54, 1.807) is 36.4 Å². The van der Waals surface area contributed by atoms with E-state index < -0.39 is 5.97 Å². The number of carbonyl (C=O) groups is 2. The summed E-state index contributed by atoms with van der Waals surface area (Å²) in [6.07, 6.45) is 2.91. The zero-order chi connectivity index (χ0) is 15.2. The van der Waals surface area contributed by atoms with Crippen molar-refractivity contribution in [1.82, 2.24) is 0 Å². The molecule has 2 N–H and O–H groups in total. The van der Waals surface area contributed by atoms with Crippen LogP contribution in [0.4, 0.5) is 5.69 Å². The minimum absolute atomic E-state index is 0.138. The molecule has 0 spiro atoms. The summed E-state index contributed by atoms with van der Waals surface area (Å²) < 4.78 is 0.655. The highest BCUT2D eigenvalue weighted by Crippen LogP contribution is 2.22. The molecule has 0 unspecified atom stereocenters. The van der Waals surface area contributed by atoms with Gasteiger partial charge in [0.25, 0.3) is 0 Å². The number of benzene rings is 1. The summed E-state index contributed by atoms with van der Waals surface area (Å²) in [4.78, 5) is 23.5. The SMILES string of the molecule is O=C(O)Cc1ccccc1NC(=O)C=Cc1ccc(Cl)s1. The maximum absolute atomic E-state index is 11.9. The lowest BCUT2D eigenvalue weighted by Crippen LogP contribution is -2.11. The quantitative estimate of drug-likeness (QED) is 0.825. The van der Waals surface area contributed by atoms with Crippen LogP contribution in [0, 0.1) is 0 Å². The zero-order valence-corrected chi connectivity index (χ0v) is 12.4. The van der Waals surface area contributed by atoms with Gasteiger partial charge >= 0.3 is 5.97 Å². The Kier molecular flexibility index (Phi) is 5.14. The number of carboxylic acids is 1. The summed E-state index contributed by atoms with van der Waals surface area (Å²) in [7, 11) is 0. The molecule has 6 heteroatoms. The van der Waals surface area contributed by atoms with Gasteiger partial charge in [0.2, 0.25) is 5.91 Å². The Bertz CT molecular complexity index is 694. The molecule has 1 aromatic heterocycles. The van der Waals surface area contributed by atoms with Gasteiger partial charge in [-0.05, 0) is 29.8 Å². The molecule has 0 atom stereocenters. The topological polar surface area (TPSA) is 66.4 Å². The van der Waals surface area contributed by atoms with Crippen molar-refractivity contribution in [2.24, 2.45) is 0 Å². The molecule has 0 bridgehead atoms. The molecule has 0 radical (unpaired) electrons. The Morgan fingerprint density at radius 2 is 2.00 bits per heavy atom. The van der Waals surface area contributed by atoms with Crippen molar-refractivity contribution in [3.05, 3.63) is 57.3 Å². The number of thiophene rings is 1. The number of rotatable bonds is 5. The van der Waals surface area contributed by atoms with Gasteiger partial charge in [-0.25, -0.2) is 0 Å². The monoisotopic (exact) mass is 321 g/mol. The average Bonchev–Trinajstić information content (AvgIpc) is 2.84. The fraction of sp³-hybridized carbons (Fsp3) is 0.0667. The number of aliphatic carboxylic acids is 1. The summed E-state index contributed by atoms with van der Waals surface area (Å²) in [5.41, 5.74) is 1.06. The van der Waals surface area contributed by atoms with Gasteiger partial charge in [-0.1, -0.05) is 29.8 Å². The third-order valence-electron chi connectivity index (χ3n) is 2.61. The number of nitrogens with one attached hydrogen (secondary N) is 1. The van der Waals surface area contributed by atoms with Crippen molar-refractivity contribution < 1.29 is 14.7 Å². The van der Waals surface area contributed by atoms with E-state index >= 15 is 0 Å². The van der Waals surface area contributed by atoms with E-state index in [9.17, 15) is 9.59 Å². The van der Waals surface area contributed by atoms with Crippen LogP contribution < -0.4 is 5.32 Å². The number of carboxylic acid groups (broad SMARTS) is 1. The van der Waals surface area contributed by atoms with E-state index in [0.29, 0.717) is 15.6 Å². The number of hydrogen-bond donors (Lipinski definition) is 2. The molecule has 0 fully saturated rings. The van der Waals surface area contributed by atoms with Crippen LogP contribution in [0.5, 0.6) is 0 Å². The highest BCUT2D eigenvalue weighted by Gasteiger charge is 2.07. The first kappa shape index (κ1) is 15.3. The molecule has 0 saturated heterocycles. The lowest BCUT2D eigenvalue weighted by molar-refractivity contribution is -0.136. The maximum Gasteiger partial charge on any atom is 0.307 e. The summed E-state index contributed by atoms with van der Waals surface area (Å²) >= 11 is 7.17. The molecule has 2 aromatic rings. The number of carbonyl (C=O) groups excluding carboxylic acids is 1. The van der Waals surface area contributed by atoms with Gasteiger partial charge in [-0.3, -0.25) is 9.59 Å². The van der Waals surface area contributed by atoms with Crippen LogP contribution >= 0.6 is 22.9 Å². The number of hydrogen-bond acceptors (Lipinski definition) is 3. The van der Waals surface area contributed by atoms with Crippen LogP contribution in [0.2, 0.25) is 4.34 Å². The standard InChI is InChI=1S/C15H12ClNO3S/c16-13-7-5-11(21-13)6-8-14(18)17-12-4-2-1-3-10(12)9-15(19)20/h1-8H,9H2,(H,17,18)(H,19,20). The van der Waals surface area contributed by atoms with E-state index in [-0.39, 0.29) is 12.3 Å². The molecular weight excluding hydrogens is 310 g/mol. The van der Waals surface area contributed by atoms with Gasteiger partial charge < -0.3 is 10.4 Å². The molecule has 0 aliphatic carbocycles. The molecule has 0 aliphatic heterocycles. The normalized spacial score (nSPS) is 10.7. The molecule has 1 heterocycles. The van der Waals surface area contributed by atoms with Crippen molar-refractivity contribution in [3.63, 3.8) is 0 Å². The van der Waals surface area contributed by atoms with Crippen LogP contribution in [0.15, 0.2) is 42.5 Å². The Labute approximate surface area is 130 Å². The lowest BCUT2D eigenvalue weighted by atomic mass is 10.1. The summed E-state index contributed by atoms with van der Waals surface area (Å²) in [6, 6.07) is 10.4. The molecule has 2 rings (SSSR count). The minimum atomic E-state index is -0.944. The number of anilines is 1. The second kappa shape index (κ2) is 7.06. The predicted molar refractivity (Wildman–Crippen MR) is 84.8 cm³/mol. The van der Waals surface area contributed by atoms with Gasteiger partial charge in [0.15, 0.2) is 0 Å². The Morgan fingerprint density at radius 1 is 1.24 bits per heavy atom. The van der Waals surface area contributed by atoms with E-state index in [4.69, 9.17) is 16.7 Å². The first-order valence-corrected chi connectivity index (χ1v) is 7.28. The second-order valence-corrected chi connectivity index (χ2v) is 5.94. The fourth-order valence-electron chi connectivity index (χ4n) is 1.71. The van der Waals surface area contributed by atoms with Crippen molar-refractivity contribution in [1.29, 1.82) is 0 Å². The third-order valence-corrected chi connectivity index (χ3v) is 3.81. The van der Waals surface area contributed by atoms with E-state index in [2.05, 4.69) is 5.32 Å². The van der Waals surface area contributed by atoms with E-state index in [1.807, 2.05) is 6.07 Å². The van der Waals surface area contributed by atoms with Gasteiger partial charge in [0, 0.05) is 16.6 Å². The van der Waals surface area contributed by atoms with Gasteiger partial charge in [0.1, 0.15) is 0 Å². The maximum atomic E-state index is 11.9. The van der Waals surface area contributed by atoms with Crippen LogP contribution in [0.1, 0.15) is 10.4 Å². The molecule has 0 saturated carbocycles. The third kappa shape index (κ3) is 4.73. The van der Waals surface area contributed by atoms with Crippen molar-refractivity contribution >= 4 is 46.6 Å². The first-order valence-electron chi connectivity index (χ1n) is 6.08. The molecule has 108 valence electrons. The van der Waals surface area contributed by atoms with Crippen LogP contribution in [0.3, 0.4) is 0 Å². The van der Waals surface area contributed by atoms with Crippen LogP contribution in [-0.2, 0) is 16.0 Å². The summed E-state index contributed by atoms with van der Waals surface area (Å²) in [5, 5.41) is 11.5. The largest absolute Gasteiger partial charge is 0.481 e. The summed E-state index contributed by atoms with van der Waals surface area (Å²) in [5.74, 6) is -1.27. The number of halogens is 1. The van der Waals surface area contributed by atoms with Crippen LogP contribution in [0.25, 0.3) is 6.08 Å². The Balaban J connectivity index is 2.06.